The molecule has 0 saturated heterocycles. The number of aromatic nitrogens is 1. The fourth-order valence-electron chi connectivity index (χ4n) is 1.79. The summed E-state index contributed by atoms with van der Waals surface area (Å²) in [6.45, 7) is 5.26. The van der Waals surface area contributed by atoms with Gasteiger partial charge in [-0.1, -0.05) is 18.5 Å². The molecule has 2 heterocycles. The van der Waals surface area contributed by atoms with Gasteiger partial charge in [-0.05, 0) is 32.0 Å². The molecule has 0 fully saturated rings. The lowest BCUT2D eigenvalue weighted by Crippen LogP contribution is -2.23. The molecule has 0 aliphatic rings. The Balaban J connectivity index is 2.09. The quantitative estimate of drug-likeness (QED) is 0.852. The van der Waals surface area contributed by atoms with Gasteiger partial charge < -0.3 is 5.32 Å². The summed E-state index contributed by atoms with van der Waals surface area (Å²) in [5.41, 5.74) is 0. The monoisotopic (exact) mass is 300 g/mol. The van der Waals surface area contributed by atoms with E-state index in [4.69, 9.17) is 11.6 Å². The van der Waals surface area contributed by atoms with Crippen LogP contribution in [0.1, 0.15) is 34.1 Å². The summed E-state index contributed by atoms with van der Waals surface area (Å²) < 4.78 is 0.861. The van der Waals surface area contributed by atoms with Crippen LogP contribution in [0.5, 0.6) is 0 Å². The number of thiazole rings is 1. The number of hydrogen-bond acceptors (Lipinski definition) is 4. The Kier molecular flexibility index (Phi) is 5.18. The largest absolute Gasteiger partial charge is 0.309 e. The molecule has 0 radical (unpaired) electrons. The number of hydrogen-bond donors (Lipinski definition) is 1. The molecule has 1 atom stereocenters. The first-order valence-electron chi connectivity index (χ1n) is 6.09. The number of rotatable bonds is 6. The predicted octanol–water partition coefficient (Wildman–Crippen LogP) is 4.45. The van der Waals surface area contributed by atoms with Gasteiger partial charge in [0, 0.05) is 28.4 Å². The fourth-order valence-corrected chi connectivity index (χ4v) is 3.79. The van der Waals surface area contributed by atoms with Crippen molar-refractivity contribution in [2.75, 3.05) is 6.54 Å². The average Bonchev–Trinajstić information content (AvgIpc) is 2.93. The third-order valence-corrected chi connectivity index (χ3v) is 4.94. The summed E-state index contributed by atoms with van der Waals surface area (Å²) in [5.74, 6) is 0. The molecule has 0 amide bonds. The molecule has 98 valence electrons. The van der Waals surface area contributed by atoms with Crippen LogP contribution in [0.4, 0.5) is 0 Å². The van der Waals surface area contributed by atoms with E-state index >= 15 is 0 Å². The van der Waals surface area contributed by atoms with Gasteiger partial charge in [-0.3, -0.25) is 0 Å². The molecule has 0 aliphatic carbocycles. The average molecular weight is 301 g/mol. The molecule has 2 aromatic rings. The molecule has 0 saturated carbocycles. The Morgan fingerprint density at radius 3 is 2.78 bits per heavy atom. The molecule has 2 nitrogen and oxygen atoms in total. The van der Waals surface area contributed by atoms with Crippen molar-refractivity contribution in [1.82, 2.24) is 10.3 Å². The van der Waals surface area contributed by atoms with Crippen molar-refractivity contribution in [3.63, 3.8) is 0 Å². The molecule has 1 unspecified atom stereocenters. The highest BCUT2D eigenvalue weighted by Crippen LogP contribution is 2.28. The van der Waals surface area contributed by atoms with Crippen LogP contribution in [0.15, 0.2) is 18.3 Å². The highest BCUT2D eigenvalue weighted by Gasteiger charge is 2.15. The summed E-state index contributed by atoms with van der Waals surface area (Å²) in [6.07, 6.45) is 4.11. The minimum absolute atomic E-state index is 0.353. The summed E-state index contributed by atoms with van der Waals surface area (Å²) in [6, 6.07) is 4.43. The van der Waals surface area contributed by atoms with Crippen molar-refractivity contribution in [1.29, 1.82) is 0 Å². The van der Waals surface area contributed by atoms with E-state index in [-0.39, 0.29) is 0 Å². The van der Waals surface area contributed by atoms with Crippen molar-refractivity contribution < 1.29 is 0 Å². The van der Waals surface area contributed by atoms with Crippen LogP contribution in [0.3, 0.4) is 0 Å². The smallest absolute Gasteiger partial charge is 0.0931 e. The van der Waals surface area contributed by atoms with Crippen LogP contribution in [-0.4, -0.2) is 11.5 Å². The zero-order valence-corrected chi connectivity index (χ0v) is 13.0. The molecule has 0 spiro atoms. The van der Waals surface area contributed by atoms with Gasteiger partial charge in [0.15, 0.2) is 0 Å². The van der Waals surface area contributed by atoms with Crippen LogP contribution < -0.4 is 5.32 Å². The number of nitrogens with zero attached hydrogens (tertiary/aromatic N) is 1. The Labute approximate surface area is 121 Å². The van der Waals surface area contributed by atoms with Gasteiger partial charge in [0.1, 0.15) is 0 Å². The van der Waals surface area contributed by atoms with Gasteiger partial charge in [0.25, 0.3) is 0 Å². The van der Waals surface area contributed by atoms with E-state index in [2.05, 4.69) is 23.3 Å². The molecule has 0 aliphatic heterocycles. The van der Waals surface area contributed by atoms with Gasteiger partial charge in [0.05, 0.1) is 9.34 Å². The first-order chi connectivity index (χ1) is 8.69. The topological polar surface area (TPSA) is 24.9 Å². The van der Waals surface area contributed by atoms with Gasteiger partial charge in [-0.25, -0.2) is 4.98 Å². The molecule has 5 heteroatoms. The van der Waals surface area contributed by atoms with Crippen LogP contribution in [-0.2, 0) is 6.42 Å². The van der Waals surface area contributed by atoms with E-state index in [1.807, 2.05) is 19.2 Å². The second-order valence-electron chi connectivity index (χ2n) is 4.20. The van der Waals surface area contributed by atoms with E-state index in [0.29, 0.717) is 6.04 Å². The minimum atomic E-state index is 0.353. The zero-order chi connectivity index (χ0) is 13.0. The second kappa shape index (κ2) is 6.66. The lowest BCUT2D eigenvalue weighted by Gasteiger charge is -2.15. The molecule has 0 aromatic carbocycles. The maximum atomic E-state index is 5.99. The lowest BCUT2D eigenvalue weighted by molar-refractivity contribution is 0.539. The van der Waals surface area contributed by atoms with E-state index in [9.17, 15) is 0 Å². The standard InChI is InChI=1S/C13H17ClN2S2/c1-3-6-15-11(12-8-16-9(2)17-12)7-10-4-5-13(14)18-10/h4-5,8,11,15H,3,6-7H2,1-2H3. The maximum absolute atomic E-state index is 5.99. The van der Waals surface area contributed by atoms with Crippen LogP contribution in [0, 0.1) is 6.92 Å². The van der Waals surface area contributed by atoms with E-state index < -0.39 is 0 Å². The number of nitrogens with one attached hydrogen (secondary N) is 1. The normalized spacial score (nSPS) is 12.8. The summed E-state index contributed by atoms with van der Waals surface area (Å²) >= 11 is 9.42. The third kappa shape index (κ3) is 3.79. The van der Waals surface area contributed by atoms with Gasteiger partial charge in [-0.15, -0.1) is 22.7 Å². The lowest BCUT2D eigenvalue weighted by atomic mass is 10.1. The molecule has 1 N–H and O–H groups in total. The van der Waals surface area contributed by atoms with Crippen molar-refractivity contribution in [2.24, 2.45) is 0 Å². The van der Waals surface area contributed by atoms with Crippen LogP contribution in [0.2, 0.25) is 4.34 Å². The molecule has 2 aromatic heterocycles. The Bertz CT molecular complexity index is 493. The molecule has 18 heavy (non-hydrogen) atoms. The number of aryl methyl sites for hydroxylation is 1. The maximum Gasteiger partial charge on any atom is 0.0931 e. The third-order valence-electron chi connectivity index (χ3n) is 2.66. The van der Waals surface area contributed by atoms with Crippen molar-refractivity contribution in [2.45, 2.75) is 32.7 Å². The highest BCUT2D eigenvalue weighted by molar-refractivity contribution is 7.16. The highest BCUT2D eigenvalue weighted by atomic mass is 35.5. The van der Waals surface area contributed by atoms with Gasteiger partial charge in [-0.2, -0.15) is 0 Å². The van der Waals surface area contributed by atoms with E-state index in [1.54, 1.807) is 22.7 Å². The SMILES string of the molecule is CCCNC(Cc1ccc(Cl)s1)c1cnc(C)s1. The Morgan fingerprint density at radius 1 is 1.39 bits per heavy atom. The first-order valence-corrected chi connectivity index (χ1v) is 8.10. The summed E-state index contributed by atoms with van der Waals surface area (Å²) in [4.78, 5) is 6.98. The van der Waals surface area contributed by atoms with Crippen molar-refractivity contribution >= 4 is 34.3 Å². The predicted molar refractivity (Wildman–Crippen MR) is 80.9 cm³/mol. The van der Waals surface area contributed by atoms with Crippen LogP contribution in [0.25, 0.3) is 0 Å². The first kappa shape index (κ1) is 14.0. The van der Waals surface area contributed by atoms with Crippen LogP contribution >= 0.6 is 34.3 Å². The molecular weight excluding hydrogens is 284 g/mol. The minimum Gasteiger partial charge on any atom is -0.309 e. The molecule has 2 rings (SSSR count). The molecular formula is C13H17ClN2S2. The van der Waals surface area contributed by atoms with E-state index in [1.165, 1.54) is 9.75 Å². The van der Waals surface area contributed by atoms with Crippen molar-refractivity contribution in [3.8, 4) is 0 Å². The van der Waals surface area contributed by atoms with E-state index in [0.717, 1.165) is 28.7 Å². The fraction of sp³-hybridized carbons (Fsp3) is 0.462. The zero-order valence-electron chi connectivity index (χ0n) is 10.6. The number of thiophene rings is 1. The Morgan fingerprint density at radius 2 is 2.22 bits per heavy atom. The second-order valence-corrected chi connectivity index (χ2v) is 7.26. The van der Waals surface area contributed by atoms with Gasteiger partial charge >= 0.3 is 0 Å². The Hall–Kier alpha value is -0.420. The van der Waals surface area contributed by atoms with Crippen molar-refractivity contribution in [3.05, 3.63) is 37.4 Å². The number of halogens is 1. The summed E-state index contributed by atoms with van der Waals surface area (Å²) in [7, 11) is 0. The summed E-state index contributed by atoms with van der Waals surface area (Å²) in [5, 5.41) is 4.71. The van der Waals surface area contributed by atoms with Gasteiger partial charge in [0.2, 0.25) is 0 Å². The molecule has 0 bridgehead atoms.